The third kappa shape index (κ3) is 4.48. The number of benzene rings is 1. The Labute approximate surface area is 139 Å². The fourth-order valence-electron chi connectivity index (χ4n) is 1.79. The Morgan fingerprint density at radius 1 is 1.32 bits per heavy atom. The van der Waals surface area contributed by atoms with Crippen LogP contribution in [0.3, 0.4) is 0 Å². The predicted molar refractivity (Wildman–Crippen MR) is 88.0 cm³/mol. The summed E-state index contributed by atoms with van der Waals surface area (Å²) >= 11 is 7.20. The summed E-state index contributed by atoms with van der Waals surface area (Å²) in [5.74, 6) is 0.740. The van der Waals surface area contributed by atoms with Crippen LogP contribution in [-0.2, 0) is 16.6 Å². The van der Waals surface area contributed by atoms with Gasteiger partial charge in [-0.25, -0.2) is 0 Å². The molecule has 0 radical (unpaired) electrons. The summed E-state index contributed by atoms with van der Waals surface area (Å²) in [5.41, 5.74) is 0.928. The van der Waals surface area contributed by atoms with E-state index in [0.717, 1.165) is 24.2 Å². The molecule has 2 aromatic rings. The molecular formula is C15H18ClN3O2S. The van der Waals surface area contributed by atoms with Crippen molar-refractivity contribution in [3.8, 4) is 11.4 Å². The molecule has 1 heterocycles. The Balaban J connectivity index is 1.96. The maximum absolute atomic E-state index is 11.6. The lowest BCUT2D eigenvalue weighted by Crippen LogP contribution is -2.09. The standard InChI is InChI=1S/C15H18ClN3O2S/c1-3-4-9-21-13(20)10-22-15-18-17-14(19(15)2)11-5-7-12(16)8-6-11/h5-8H,3-4,9-10H2,1-2H3. The first-order valence-corrected chi connectivity index (χ1v) is 8.42. The quantitative estimate of drug-likeness (QED) is 0.438. The average molecular weight is 340 g/mol. The number of aromatic nitrogens is 3. The molecule has 0 aliphatic rings. The second kappa shape index (κ2) is 8.19. The van der Waals surface area contributed by atoms with Gasteiger partial charge in [-0.15, -0.1) is 10.2 Å². The molecule has 2 rings (SSSR count). The summed E-state index contributed by atoms with van der Waals surface area (Å²) in [6.07, 6.45) is 1.90. The Bertz CT molecular complexity index is 628. The maximum atomic E-state index is 11.6. The minimum atomic E-state index is -0.227. The van der Waals surface area contributed by atoms with Crippen LogP contribution >= 0.6 is 23.4 Å². The highest BCUT2D eigenvalue weighted by Crippen LogP contribution is 2.23. The molecule has 0 saturated carbocycles. The van der Waals surface area contributed by atoms with Crippen LogP contribution in [0.1, 0.15) is 19.8 Å². The fraction of sp³-hybridized carbons (Fsp3) is 0.400. The number of ether oxygens (including phenoxy) is 1. The van der Waals surface area contributed by atoms with Gasteiger partial charge in [-0.05, 0) is 30.7 Å². The van der Waals surface area contributed by atoms with Crippen LogP contribution in [0.25, 0.3) is 11.4 Å². The molecule has 7 heteroatoms. The Morgan fingerprint density at radius 2 is 2.05 bits per heavy atom. The van der Waals surface area contributed by atoms with Crippen LogP contribution in [0.15, 0.2) is 29.4 Å². The van der Waals surface area contributed by atoms with Crippen LogP contribution < -0.4 is 0 Å². The molecule has 0 N–H and O–H groups in total. The van der Waals surface area contributed by atoms with Gasteiger partial charge in [0.05, 0.1) is 12.4 Å². The van der Waals surface area contributed by atoms with Crippen LogP contribution in [0, 0.1) is 0 Å². The van der Waals surface area contributed by atoms with E-state index in [1.54, 1.807) is 0 Å². The normalized spacial score (nSPS) is 10.7. The SMILES string of the molecule is CCCCOC(=O)CSc1nnc(-c2ccc(Cl)cc2)n1C. The molecule has 0 atom stereocenters. The molecule has 22 heavy (non-hydrogen) atoms. The first-order chi connectivity index (χ1) is 10.6. The molecule has 0 saturated heterocycles. The van der Waals surface area contributed by atoms with Gasteiger partial charge in [0.2, 0.25) is 0 Å². The molecule has 1 aromatic heterocycles. The van der Waals surface area contributed by atoms with Crippen molar-refractivity contribution in [3.63, 3.8) is 0 Å². The highest BCUT2D eigenvalue weighted by atomic mass is 35.5. The summed E-state index contributed by atoms with van der Waals surface area (Å²) < 4.78 is 6.97. The smallest absolute Gasteiger partial charge is 0.316 e. The number of carbonyl (C=O) groups excluding carboxylic acids is 1. The summed E-state index contributed by atoms with van der Waals surface area (Å²) in [4.78, 5) is 11.6. The highest BCUT2D eigenvalue weighted by Gasteiger charge is 2.13. The first kappa shape index (κ1) is 16.8. The first-order valence-electron chi connectivity index (χ1n) is 7.05. The number of unbranched alkanes of at least 4 members (excludes halogenated alkanes) is 1. The van der Waals surface area contributed by atoms with E-state index in [9.17, 15) is 4.79 Å². The van der Waals surface area contributed by atoms with Crippen molar-refractivity contribution in [1.82, 2.24) is 14.8 Å². The third-order valence-corrected chi connectivity index (χ3v) is 4.26. The van der Waals surface area contributed by atoms with Crippen molar-refractivity contribution in [2.24, 2.45) is 7.05 Å². The summed E-state index contributed by atoms with van der Waals surface area (Å²) in [6.45, 7) is 2.53. The van der Waals surface area contributed by atoms with Crippen LogP contribution in [0.2, 0.25) is 5.02 Å². The van der Waals surface area contributed by atoms with Gasteiger partial charge in [0.25, 0.3) is 0 Å². The number of nitrogens with zero attached hydrogens (tertiary/aromatic N) is 3. The van der Waals surface area contributed by atoms with E-state index in [1.165, 1.54) is 11.8 Å². The van der Waals surface area contributed by atoms with E-state index in [2.05, 4.69) is 17.1 Å². The van der Waals surface area contributed by atoms with Crippen LogP contribution in [0.5, 0.6) is 0 Å². The Kier molecular flexibility index (Phi) is 6.27. The molecule has 0 aliphatic carbocycles. The maximum Gasteiger partial charge on any atom is 0.316 e. The van der Waals surface area contributed by atoms with Gasteiger partial charge in [-0.3, -0.25) is 4.79 Å². The molecule has 0 fully saturated rings. The highest BCUT2D eigenvalue weighted by molar-refractivity contribution is 7.99. The van der Waals surface area contributed by atoms with E-state index in [4.69, 9.17) is 16.3 Å². The van der Waals surface area contributed by atoms with E-state index in [1.807, 2.05) is 35.9 Å². The molecule has 0 aliphatic heterocycles. The number of hydrogen-bond acceptors (Lipinski definition) is 5. The van der Waals surface area contributed by atoms with Gasteiger partial charge < -0.3 is 9.30 Å². The second-order valence-electron chi connectivity index (χ2n) is 4.73. The molecule has 0 unspecified atom stereocenters. The molecule has 1 aromatic carbocycles. The summed E-state index contributed by atoms with van der Waals surface area (Å²) in [6, 6.07) is 7.40. The van der Waals surface area contributed by atoms with Crippen LogP contribution in [0.4, 0.5) is 0 Å². The number of thioether (sulfide) groups is 1. The number of carbonyl (C=O) groups is 1. The van der Waals surface area contributed by atoms with E-state index >= 15 is 0 Å². The van der Waals surface area contributed by atoms with Crippen molar-refractivity contribution >= 4 is 29.3 Å². The molecular weight excluding hydrogens is 322 g/mol. The van der Waals surface area contributed by atoms with Crippen molar-refractivity contribution in [2.45, 2.75) is 24.9 Å². The van der Waals surface area contributed by atoms with Crippen LogP contribution in [-0.4, -0.2) is 33.1 Å². The van der Waals surface area contributed by atoms with Gasteiger partial charge in [0.15, 0.2) is 11.0 Å². The van der Waals surface area contributed by atoms with Gasteiger partial charge >= 0.3 is 5.97 Å². The molecule has 0 amide bonds. The van der Waals surface area contributed by atoms with Gasteiger partial charge in [0.1, 0.15) is 0 Å². The lowest BCUT2D eigenvalue weighted by Gasteiger charge is -2.05. The molecule has 0 spiro atoms. The van der Waals surface area contributed by atoms with E-state index < -0.39 is 0 Å². The van der Waals surface area contributed by atoms with E-state index in [0.29, 0.717) is 16.8 Å². The molecule has 118 valence electrons. The minimum Gasteiger partial charge on any atom is -0.465 e. The zero-order valence-electron chi connectivity index (χ0n) is 12.6. The Morgan fingerprint density at radius 3 is 2.73 bits per heavy atom. The molecule has 0 bridgehead atoms. The lowest BCUT2D eigenvalue weighted by atomic mass is 10.2. The Hall–Kier alpha value is -1.53. The zero-order valence-corrected chi connectivity index (χ0v) is 14.2. The largest absolute Gasteiger partial charge is 0.465 e. The van der Waals surface area contributed by atoms with E-state index in [-0.39, 0.29) is 11.7 Å². The third-order valence-electron chi connectivity index (χ3n) is 3.02. The monoisotopic (exact) mass is 339 g/mol. The lowest BCUT2D eigenvalue weighted by molar-refractivity contribution is -0.140. The summed E-state index contributed by atoms with van der Waals surface area (Å²) in [7, 11) is 1.87. The van der Waals surface area contributed by atoms with Gasteiger partial charge in [-0.2, -0.15) is 0 Å². The predicted octanol–water partition coefficient (Wildman–Crippen LogP) is 3.57. The average Bonchev–Trinajstić information content (AvgIpc) is 2.87. The number of hydrogen-bond donors (Lipinski definition) is 0. The topological polar surface area (TPSA) is 57.0 Å². The second-order valence-corrected chi connectivity index (χ2v) is 6.11. The van der Waals surface area contributed by atoms with Crippen molar-refractivity contribution in [3.05, 3.63) is 29.3 Å². The molecule has 5 nitrogen and oxygen atoms in total. The summed E-state index contributed by atoms with van der Waals surface area (Å²) in [5, 5.41) is 9.64. The number of halogens is 1. The number of rotatable bonds is 7. The van der Waals surface area contributed by atoms with Crippen molar-refractivity contribution < 1.29 is 9.53 Å². The zero-order chi connectivity index (χ0) is 15.9. The van der Waals surface area contributed by atoms with Crippen molar-refractivity contribution in [2.75, 3.05) is 12.4 Å². The van der Waals surface area contributed by atoms with Crippen molar-refractivity contribution in [1.29, 1.82) is 0 Å². The van der Waals surface area contributed by atoms with Gasteiger partial charge in [0, 0.05) is 17.6 Å². The minimum absolute atomic E-state index is 0.227. The number of esters is 1. The van der Waals surface area contributed by atoms with Gasteiger partial charge in [-0.1, -0.05) is 36.7 Å². The fourth-order valence-corrected chi connectivity index (χ4v) is 2.62.